The molecular formula is C15H15BrN2O2. The van der Waals surface area contributed by atoms with Crippen LogP contribution in [0.2, 0.25) is 0 Å². The number of nitrogens with one attached hydrogen (secondary N) is 1. The van der Waals surface area contributed by atoms with Crippen LogP contribution in [-0.2, 0) is 6.42 Å². The maximum atomic E-state index is 12.1. The van der Waals surface area contributed by atoms with Crippen molar-refractivity contribution in [3.8, 4) is 0 Å². The summed E-state index contributed by atoms with van der Waals surface area (Å²) in [7, 11) is 0. The fourth-order valence-corrected chi connectivity index (χ4v) is 2.17. The SMILES string of the molecule is Nc1ccc(Br)cc1C(=O)Nc1ccc(CCO)cc1. The van der Waals surface area contributed by atoms with E-state index in [1.165, 1.54) is 0 Å². The second kappa shape index (κ2) is 6.54. The lowest BCUT2D eigenvalue weighted by Gasteiger charge is -2.08. The van der Waals surface area contributed by atoms with Crippen molar-refractivity contribution in [1.29, 1.82) is 0 Å². The molecule has 0 fully saturated rings. The van der Waals surface area contributed by atoms with Gasteiger partial charge in [0.1, 0.15) is 0 Å². The second-order valence-electron chi connectivity index (χ2n) is 4.36. The molecule has 0 heterocycles. The number of carbonyl (C=O) groups is 1. The van der Waals surface area contributed by atoms with Gasteiger partial charge in [0.25, 0.3) is 5.91 Å². The van der Waals surface area contributed by atoms with E-state index in [1.54, 1.807) is 30.3 Å². The van der Waals surface area contributed by atoms with Crippen LogP contribution >= 0.6 is 15.9 Å². The molecule has 0 spiro atoms. The van der Waals surface area contributed by atoms with E-state index in [0.29, 0.717) is 23.4 Å². The maximum absolute atomic E-state index is 12.1. The zero-order valence-corrected chi connectivity index (χ0v) is 12.4. The normalized spacial score (nSPS) is 10.3. The van der Waals surface area contributed by atoms with Crippen molar-refractivity contribution >= 4 is 33.2 Å². The summed E-state index contributed by atoms with van der Waals surface area (Å²) >= 11 is 3.32. The highest BCUT2D eigenvalue weighted by Gasteiger charge is 2.10. The van der Waals surface area contributed by atoms with Crippen LogP contribution in [0.4, 0.5) is 11.4 Å². The minimum atomic E-state index is -0.251. The summed E-state index contributed by atoms with van der Waals surface area (Å²) in [6.45, 7) is 0.111. The number of carbonyl (C=O) groups excluding carboxylic acids is 1. The zero-order chi connectivity index (χ0) is 14.5. The Balaban J connectivity index is 2.13. The van der Waals surface area contributed by atoms with E-state index in [0.717, 1.165) is 10.0 Å². The van der Waals surface area contributed by atoms with E-state index in [4.69, 9.17) is 10.8 Å². The van der Waals surface area contributed by atoms with Gasteiger partial charge in [0.05, 0.1) is 5.56 Å². The molecule has 0 aliphatic rings. The number of halogens is 1. The fourth-order valence-electron chi connectivity index (χ4n) is 1.81. The average molecular weight is 335 g/mol. The van der Waals surface area contributed by atoms with Gasteiger partial charge >= 0.3 is 0 Å². The van der Waals surface area contributed by atoms with Gasteiger partial charge in [-0.2, -0.15) is 0 Å². The summed E-state index contributed by atoms with van der Waals surface area (Å²) in [5.41, 5.74) is 8.37. The molecule has 104 valence electrons. The largest absolute Gasteiger partial charge is 0.398 e. The summed E-state index contributed by atoms with van der Waals surface area (Å²) in [4.78, 5) is 12.1. The van der Waals surface area contributed by atoms with Gasteiger partial charge in [0, 0.05) is 22.5 Å². The molecular weight excluding hydrogens is 320 g/mol. The van der Waals surface area contributed by atoms with Gasteiger partial charge in [0.2, 0.25) is 0 Å². The number of hydrogen-bond acceptors (Lipinski definition) is 3. The molecule has 5 heteroatoms. The number of hydrogen-bond donors (Lipinski definition) is 3. The molecule has 1 amide bonds. The standard InChI is InChI=1S/C15H15BrN2O2/c16-11-3-6-14(17)13(9-11)15(20)18-12-4-1-10(2-5-12)7-8-19/h1-6,9,19H,7-8,17H2,(H,18,20). The van der Waals surface area contributed by atoms with Gasteiger partial charge in [-0.3, -0.25) is 4.79 Å². The lowest BCUT2D eigenvalue weighted by molar-refractivity contribution is 0.102. The Labute approximate surface area is 125 Å². The van der Waals surface area contributed by atoms with Gasteiger partial charge in [0.15, 0.2) is 0 Å². The quantitative estimate of drug-likeness (QED) is 0.752. The molecule has 0 aromatic heterocycles. The molecule has 4 nitrogen and oxygen atoms in total. The molecule has 0 aliphatic heterocycles. The van der Waals surface area contributed by atoms with Crippen molar-refractivity contribution in [3.05, 3.63) is 58.1 Å². The average Bonchev–Trinajstić information content (AvgIpc) is 2.44. The molecule has 0 saturated carbocycles. The summed E-state index contributed by atoms with van der Waals surface area (Å²) in [6.07, 6.45) is 0.604. The first-order valence-corrected chi connectivity index (χ1v) is 6.95. The molecule has 0 saturated heterocycles. The summed E-state index contributed by atoms with van der Waals surface area (Å²) < 4.78 is 0.801. The van der Waals surface area contributed by atoms with E-state index >= 15 is 0 Å². The van der Waals surface area contributed by atoms with Crippen molar-refractivity contribution < 1.29 is 9.90 Å². The zero-order valence-electron chi connectivity index (χ0n) is 10.8. The molecule has 0 atom stereocenters. The van der Waals surface area contributed by atoms with Crippen LogP contribution in [0.3, 0.4) is 0 Å². The first-order chi connectivity index (χ1) is 9.60. The topological polar surface area (TPSA) is 75.4 Å². The second-order valence-corrected chi connectivity index (χ2v) is 5.27. The Morgan fingerprint density at radius 1 is 1.20 bits per heavy atom. The highest BCUT2D eigenvalue weighted by Crippen LogP contribution is 2.20. The van der Waals surface area contributed by atoms with Gasteiger partial charge in [-0.25, -0.2) is 0 Å². The van der Waals surface area contributed by atoms with Crippen LogP contribution in [0, 0.1) is 0 Å². The van der Waals surface area contributed by atoms with Gasteiger partial charge in [-0.05, 0) is 42.3 Å². The van der Waals surface area contributed by atoms with E-state index in [2.05, 4.69) is 21.2 Å². The number of benzene rings is 2. The molecule has 0 aliphatic carbocycles. The fraction of sp³-hybridized carbons (Fsp3) is 0.133. The smallest absolute Gasteiger partial charge is 0.257 e. The van der Waals surface area contributed by atoms with Crippen molar-refractivity contribution in [1.82, 2.24) is 0 Å². The van der Waals surface area contributed by atoms with Gasteiger partial charge in [-0.15, -0.1) is 0 Å². The number of amides is 1. The van der Waals surface area contributed by atoms with Crippen LogP contribution in [0.25, 0.3) is 0 Å². The Morgan fingerprint density at radius 3 is 2.55 bits per heavy atom. The van der Waals surface area contributed by atoms with Crippen molar-refractivity contribution in [2.75, 3.05) is 17.7 Å². The van der Waals surface area contributed by atoms with Crippen LogP contribution in [0.5, 0.6) is 0 Å². The molecule has 4 N–H and O–H groups in total. The predicted octanol–water partition coefficient (Wildman–Crippen LogP) is 2.82. The highest BCUT2D eigenvalue weighted by molar-refractivity contribution is 9.10. The molecule has 0 unspecified atom stereocenters. The minimum Gasteiger partial charge on any atom is -0.398 e. The third-order valence-corrected chi connectivity index (χ3v) is 3.37. The number of nitrogen functional groups attached to an aromatic ring is 1. The minimum absolute atomic E-state index is 0.111. The molecule has 2 aromatic rings. The lowest BCUT2D eigenvalue weighted by atomic mass is 10.1. The van der Waals surface area contributed by atoms with Crippen molar-refractivity contribution in [2.45, 2.75) is 6.42 Å². The number of aliphatic hydroxyl groups is 1. The number of anilines is 2. The van der Waals surface area contributed by atoms with E-state index in [-0.39, 0.29) is 12.5 Å². The predicted molar refractivity (Wildman–Crippen MR) is 83.7 cm³/mol. The van der Waals surface area contributed by atoms with Crippen LogP contribution in [0.1, 0.15) is 15.9 Å². The first-order valence-electron chi connectivity index (χ1n) is 6.16. The molecule has 2 aromatic carbocycles. The van der Waals surface area contributed by atoms with E-state index in [1.807, 2.05) is 12.1 Å². The van der Waals surface area contributed by atoms with Crippen LogP contribution in [-0.4, -0.2) is 17.6 Å². The Morgan fingerprint density at radius 2 is 1.90 bits per heavy atom. The first kappa shape index (κ1) is 14.6. The number of rotatable bonds is 4. The maximum Gasteiger partial charge on any atom is 0.257 e. The van der Waals surface area contributed by atoms with E-state index in [9.17, 15) is 4.79 Å². The molecule has 0 bridgehead atoms. The Bertz CT molecular complexity index is 612. The lowest BCUT2D eigenvalue weighted by Crippen LogP contribution is -2.14. The van der Waals surface area contributed by atoms with Crippen LogP contribution < -0.4 is 11.1 Å². The van der Waals surface area contributed by atoms with Gasteiger partial charge in [-0.1, -0.05) is 28.1 Å². The monoisotopic (exact) mass is 334 g/mol. The summed E-state index contributed by atoms with van der Waals surface area (Å²) in [6, 6.07) is 12.5. The van der Waals surface area contributed by atoms with Crippen molar-refractivity contribution in [3.63, 3.8) is 0 Å². The number of aliphatic hydroxyl groups excluding tert-OH is 1. The Hall–Kier alpha value is -1.85. The van der Waals surface area contributed by atoms with E-state index < -0.39 is 0 Å². The van der Waals surface area contributed by atoms with Crippen LogP contribution in [0.15, 0.2) is 46.9 Å². The third kappa shape index (κ3) is 3.59. The van der Waals surface area contributed by atoms with Crippen molar-refractivity contribution in [2.24, 2.45) is 0 Å². The third-order valence-electron chi connectivity index (χ3n) is 2.87. The highest BCUT2D eigenvalue weighted by atomic mass is 79.9. The molecule has 2 rings (SSSR count). The summed E-state index contributed by atoms with van der Waals surface area (Å²) in [5, 5.41) is 11.6. The number of nitrogens with two attached hydrogens (primary N) is 1. The van der Waals surface area contributed by atoms with Gasteiger partial charge < -0.3 is 16.2 Å². The molecule has 20 heavy (non-hydrogen) atoms. The molecule has 0 radical (unpaired) electrons. The summed E-state index contributed by atoms with van der Waals surface area (Å²) in [5.74, 6) is -0.251. The Kier molecular flexibility index (Phi) is 4.76.